The molecule has 1 aromatic carbocycles. The van der Waals surface area contributed by atoms with E-state index in [-0.39, 0.29) is 35.8 Å². The Morgan fingerprint density at radius 1 is 1.21 bits per heavy atom. The first-order valence-electron chi connectivity index (χ1n) is 8.94. The molecule has 0 saturated heterocycles. The van der Waals surface area contributed by atoms with Crippen LogP contribution in [0.25, 0.3) is 0 Å². The third kappa shape index (κ3) is 7.28. The fourth-order valence-electron chi connectivity index (χ4n) is 2.30. The number of alkyl halides is 3. The first-order chi connectivity index (χ1) is 13.5. The molecule has 10 heteroatoms. The van der Waals surface area contributed by atoms with Gasteiger partial charge in [0, 0.05) is 11.8 Å². The van der Waals surface area contributed by atoms with Gasteiger partial charge >= 0.3 is 6.18 Å². The molecule has 0 atom stereocenters. The Morgan fingerprint density at radius 2 is 1.93 bits per heavy atom. The van der Waals surface area contributed by atoms with Crippen LogP contribution in [-0.2, 0) is 23.2 Å². The number of hydrogen-bond donors (Lipinski definition) is 1. The molecule has 2 aromatic rings. The molecular weight excluding hydrogens is 391 g/mol. The van der Waals surface area contributed by atoms with Crippen molar-refractivity contribution < 1.29 is 32.0 Å². The Hall–Kier alpha value is -2.78. The van der Waals surface area contributed by atoms with Crippen LogP contribution >= 0.6 is 0 Å². The zero-order valence-corrected chi connectivity index (χ0v) is 16.7. The van der Waals surface area contributed by atoms with Gasteiger partial charge in [0.2, 0.25) is 11.8 Å². The van der Waals surface area contributed by atoms with Crippen LogP contribution < -0.4 is 14.8 Å². The maximum Gasteiger partial charge on any atom is 0.422 e. The molecule has 29 heavy (non-hydrogen) atoms. The quantitative estimate of drug-likeness (QED) is 0.710. The predicted molar refractivity (Wildman–Crippen MR) is 97.7 cm³/mol. The molecule has 0 unspecified atom stereocenters. The number of hydrogen-bond acceptors (Lipinski definition) is 6. The predicted octanol–water partition coefficient (Wildman–Crippen LogP) is 3.57. The monoisotopic (exact) mass is 415 g/mol. The van der Waals surface area contributed by atoms with Crippen molar-refractivity contribution >= 4 is 5.91 Å². The molecule has 160 valence electrons. The van der Waals surface area contributed by atoms with Gasteiger partial charge in [0.05, 0.1) is 13.7 Å². The Labute approximate surface area is 166 Å². The highest BCUT2D eigenvalue weighted by molar-refractivity contribution is 5.76. The smallest absolute Gasteiger partial charge is 0.422 e. The lowest BCUT2D eigenvalue weighted by Gasteiger charge is -2.13. The molecule has 1 aromatic heterocycles. The number of rotatable bonds is 8. The maximum absolute atomic E-state index is 12.3. The Kier molecular flexibility index (Phi) is 7.10. The largest absolute Gasteiger partial charge is 0.493 e. The molecule has 0 saturated carbocycles. The van der Waals surface area contributed by atoms with Crippen molar-refractivity contribution in [3.05, 3.63) is 35.5 Å². The van der Waals surface area contributed by atoms with E-state index in [1.165, 1.54) is 13.2 Å². The first-order valence-corrected chi connectivity index (χ1v) is 8.94. The number of ether oxygens (including phenoxy) is 2. The number of nitrogens with zero attached hydrogens (tertiary/aromatic N) is 2. The van der Waals surface area contributed by atoms with E-state index in [0.29, 0.717) is 18.1 Å². The Bertz CT molecular complexity index is 829. The summed E-state index contributed by atoms with van der Waals surface area (Å²) in [5.74, 6) is 0.819. The molecule has 0 spiro atoms. The van der Waals surface area contributed by atoms with Gasteiger partial charge in [0.1, 0.15) is 0 Å². The molecule has 0 aliphatic heterocycles. The normalized spacial score (nSPS) is 12.0. The van der Waals surface area contributed by atoms with Gasteiger partial charge < -0.3 is 19.3 Å². The highest BCUT2D eigenvalue weighted by atomic mass is 19.4. The summed E-state index contributed by atoms with van der Waals surface area (Å²) in [5.41, 5.74) is 0.454. The number of benzene rings is 1. The number of aromatic nitrogens is 2. The van der Waals surface area contributed by atoms with Crippen molar-refractivity contribution in [3.8, 4) is 11.5 Å². The number of methoxy groups -OCH3 is 1. The van der Waals surface area contributed by atoms with Crippen molar-refractivity contribution in [2.75, 3.05) is 13.7 Å². The molecule has 1 amide bonds. The van der Waals surface area contributed by atoms with E-state index < -0.39 is 12.8 Å². The van der Waals surface area contributed by atoms with E-state index in [1.54, 1.807) is 12.1 Å². The summed E-state index contributed by atoms with van der Waals surface area (Å²) in [6.07, 6.45) is -3.88. The van der Waals surface area contributed by atoms with E-state index >= 15 is 0 Å². The molecule has 1 heterocycles. The maximum atomic E-state index is 12.3. The minimum Gasteiger partial charge on any atom is -0.493 e. The summed E-state index contributed by atoms with van der Waals surface area (Å²) in [6.45, 7) is 4.56. The second kappa shape index (κ2) is 9.15. The van der Waals surface area contributed by atoms with E-state index in [0.717, 1.165) is 5.56 Å². The molecule has 0 aliphatic rings. The van der Waals surface area contributed by atoms with E-state index in [1.807, 2.05) is 20.8 Å². The van der Waals surface area contributed by atoms with Gasteiger partial charge in [-0.05, 0) is 24.1 Å². The lowest BCUT2D eigenvalue weighted by molar-refractivity contribution is -0.153. The zero-order valence-electron chi connectivity index (χ0n) is 16.7. The van der Waals surface area contributed by atoms with Crippen molar-refractivity contribution in [3.63, 3.8) is 0 Å². The van der Waals surface area contributed by atoms with E-state index in [2.05, 4.69) is 15.5 Å². The lowest BCUT2D eigenvalue weighted by Crippen LogP contribution is -2.23. The van der Waals surface area contributed by atoms with Crippen LogP contribution in [0.2, 0.25) is 0 Å². The molecule has 1 N–H and O–H groups in total. The standard InChI is InChI=1S/C19H24F3N3O4/c1-18(2,3)17-24-15(25-29-17)10-23-16(26)8-6-12-5-7-13(14(9-12)27-4)28-11-19(20,21)22/h5,7,9H,6,8,10-11H2,1-4H3,(H,23,26). The van der Waals surface area contributed by atoms with Crippen LogP contribution in [-0.4, -0.2) is 35.9 Å². The van der Waals surface area contributed by atoms with Gasteiger partial charge in [-0.3, -0.25) is 4.79 Å². The Balaban J connectivity index is 1.85. The molecule has 0 bridgehead atoms. The molecule has 0 aliphatic carbocycles. The zero-order chi connectivity index (χ0) is 21.7. The number of carbonyl (C=O) groups is 1. The van der Waals surface area contributed by atoms with E-state index in [9.17, 15) is 18.0 Å². The highest BCUT2D eigenvalue weighted by Crippen LogP contribution is 2.30. The molecule has 0 radical (unpaired) electrons. The number of nitrogens with one attached hydrogen (secondary N) is 1. The van der Waals surface area contributed by atoms with Crippen LogP contribution in [0.4, 0.5) is 13.2 Å². The average molecular weight is 415 g/mol. The number of carbonyl (C=O) groups excluding carboxylic acids is 1. The minimum absolute atomic E-state index is 0.00946. The third-order valence-corrected chi connectivity index (χ3v) is 3.81. The summed E-state index contributed by atoms with van der Waals surface area (Å²) in [4.78, 5) is 16.3. The summed E-state index contributed by atoms with van der Waals surface area (Å²) in [7, 11) is 1.34. The highest BCUT2D eigenvalue weighted by Gasteiger charge is 2.29. The number of amides is 1. The van der Waals surface area contributed by atoms with E-state index in [4.69, 9.17) is 14.0 Å². The van der Waals surface area contributed by atoms with Crippen LogP contribution in [0.15, 0.2) is 22.7 Å². The topological polar surface area (TPSA) is 86.5 Å². The summed E-state index contributed by atoms with van der Waals surface area (Å²) < 4.78 is 51.9. The fourth-order valence-corrected chi connectivity index (χ4v) is 2.30. The summed E-state index contributed by atoms with van der Waals surface area (Å²) >= 11 is 0. The second-order valence-corrected chi connectivity index (χ2v) is 7.43. The number of aryl methyl sites for hydroxylation is 1. The van der Waals surface area contributed by atoms with Gasteiger partial charge in [-0.1, -0.05) is 32.0 Å². The molecule has 2 rings (SSSR count). The molecular formula is C19H24F3N3O4. The van der Waals surface area contributed by atoms with Gasteiger partial charge in [0.25, 0.3) is 0 Å². The SMILES string of the molecule is COc1cc(CCC(=O)NCc2noc(C(C)(C)C)n2)ccc1OCC(F)(F)F. The van der Waals surface area contributed by atoms with Crippen molar-refractivity contribution in [1.29, 1.82) is 0 Å². The van der Waals surface area contributed by atoms with Crippen molar-refractivity contribution in [2.24, 2.45) is 0 Å². The average Bonchev–Trinajstić information content (AvgIpc) is 3.12. The minimum atomic E-state index is -4.44. The molecule has 0 fully saturated rings. The van der Waals surface area contributed by atoms with Gasteiger partial charge in [0.15, 0.2) is 23.9 Å². The second-order valence-electron chi connectivity index (χ2n) is 7.43. The van der Waals surface area contributed by atoms with Crippen LogP contribution in [0.5, 0.6) is 11.5 Å². The van der Waals surface area contributed by atoms with Gasteiger partial charge in [-0.2, -0.15) is 18.2 Å². The van der Waals surface area contributed by atoms with Crippen molar-refractivity contribution in [2.45, 2.75) is 51.7 Å². The number of halogens is 3. The van der Waals surface area contributed by atoms with Gasteiger partial charge in [-0.15, -0.1) is 0 Å². The first kappa shape index (κ1) is 22.5. The van der Waals surface area contributed by atoms with Crippen molar-refractivity contribution in [1.82, 2.24) is 15.5 Å². The lowest BCUT2D eigenvalue weighted by atomic mass is 9.97. The van der Waals surface area contributed by atoms with Gasteiger partial charge in [-0.25, -0.2) is 0 Å². The summed E-state index contributed by atoms with van der Waals surface area (Å²) in [6, 6.07) is 4.54. The van der Waals surface area contributed by atoms with Crippen LogP contribution in [0, 0.1) is 0 Å². The van der Waals surface area contributed by atoms with Crippen LogP contribution in [0.3, 0.4) is 0 Å². The Morgan fingerprint density at radius 3 is 2.52 bits per heavy atom. The van der Waals surface area contributed by atoms with Crippen LogP contribution in [0.1, 0.15) is 44.5 Å². The summed E-state index contributed by atoms with van der Waals surface area (Å²) in [5, 5.41) is 6.53. The molecule has 7 nitrogen and oxygen atoms in total. The fraction of sp³-hybridized carbons (Fsp3) is 0.526. The third-order valence-electron chi connectivity index (χ3n) is 3.81.